The van der Waals surface area contributed by atoms with E-state index in [-0.39, 0.29) is 18.8 Å². The zero-order valence-corrected chi connectivity index (χ0v) is 5.40. The Morgan fingerprint density at radius 3 is 2.25 bits per heavy atom. The van der Waals surface area contributed by atoms with E-state index in [0.717, 1.165) is 0 Å². The number of nitrogens with zero attached hydrogens (tertiary/aromatic N) is 1. The summed E-state index contributed by atoms with van der Waals surface area (Å²) in [6, 6.07) is 0. The van der Waals surface area contributed by atoms with Crippen molar-refractivity contribution in [2.45, 2.75) is 19.8 Å². The van der Waals surface area contributed by atoms with E-state index in [0.29, 0.717) is 6.42 Å². The minimum Gasteiger partial charge on any atom is -0.269 e. The number of nitroso groups, excluding NO2 is 1. The van der Waals surface area contributed by atoms with Crippen LogP contribution in [0.3, 0.4) is 0 Å². The van der Waals surface area contributed by atoms with Gasteiger partial charge in [0.2, 0.25) is 0 Å². The van der Waals surface area contributed by atoms with E-state index in [4.69, 9.17) is 0 Å². The van der Waals surface area contributed by atoms with E-state index in [1.54, 1.807) is 0 Å². The highest BCUT2D eigenvalue weighted by Crippen LogP contribution is 1.87. The van der Waals surface area contributed by atoms with Gasteiger partial charge in [0.15, 0.2) is 0 Å². The lowest BCUT2D eigenvalue weighted by Crippen LogP contribution is -1.87. The Hall–Kier alpha value is -0.440. The highest BCUT2D eigenvalue weighted by atomic mass is 35.5. The first-order chi connectivity index (χ1) is 3.31. The molecule has 0 unspecified atom stereocenters. The lowest BCUT2D eigenvalue weighted by Gasteiger charge is -1.78. The first-order valence-corrected chi connectivity index (χ1v) is 2.17. The van der Waals surface area contributed by atoms with Gasteiger partial charge in [0, 0.05) is 11.6 Å². The minimum atomic E-state index is -0.553. The number of carbonyl (C=O) groups is 1. The van der Waals surface area contributed by atoms with Crippen molar-refractivity contribution in [1.82, 2.24) is 0 Å². The molecule has 0 aliphatic heterocycles. The van der Waals surface area contributed by atoms with Crippen molar-refractivity contribution in [3.05, 3.63) is 4.91 Å². The fourth-order valence-electron chi connectivity index (χ4n) is 0.260. The number of halogens is 1. The Morgan fingerprint density at radius 1 is 1.62 bits per heavy atom. The number of hydrogen-bond donors (Lipinski definition) is 0. The summed E-state index contributed by atoms with van der Waals surface area (Å²) in [5.41, 5.74) is 0. The van der Waals surface area contributed by atoms with Gasteiger partial charge in [0.1, 0.15) is 0 Å². The summed E-state index contributed by atoms with van der Waals surface area (Å²) in [7, 11) is 0. The van der Waals surface area contributed by atoms with E-state index in [2.05, 4.69) is 5.18 Å². The average Bonchev–Trinajstić information content (AvgIpc) is 1.68. The Balaban J connectivity index is 0. The van der Waals surface area contributed by atoms with Crippen LogP contribution in [0.1, 0.15) is 19.8 Å². The van der Waals surface area contributed by atoms with Crippen LogP contribution in [0.15, 0.2) is 5.18 Å². The van der Waals surface area contributed by atoms with Crippen molar-refractivity contribution in [2.24, 2.45) is 5.18 Å². The van der Waals surface area contributed by atoms with Crippen molar-refractivity contribution in [3.8, 4) is 0 Å². The predicted octanol–water partition coefficient (Wildman–Crippen LogP) is 1.50. The van der Waals surface area contributed by atoms with Crippen LogP contribution in [0.4, 0.5) is 0 Å². The van der Waals surface area contributed by atoms with Crippen LogP contribution in [0.5, 0.6) is 0 Å². The molecule has 0 aromatic rings. The molecule has 0 aliphatic rings. The van der Waals surface area contributed by atoms with Crippen molar-refractivity contribution in [2.75, 3.05) is 0 Å². The number of amides is 1. The van der Waals surface area contributed by atoms with Gasteiger partial charge in [-0.3, -0.25) is 4.79 Å². The standard InChI is InChI=1S/C4H7NO2.ClH/c1-2-3-4(6)5-7;/h2-3H2,1H3;1H. The van der Waals surface area contributed by atoms with Crippen molar-refractivity contribution >= 4 is 18.3 Å². The van der Waals surface area contributed by atoms with Gasteiger partial charge in [-0.15, -0.1) is 17.3 Å². The van der Waals surface area contributed by atoms with Gasteiger partial charge in [-0.05, 0) is 6.42 Å². The van der Waals surface area contributed by atoms with E-state index >= 15 is 0 Å². The average molecular weight is 138 g/mol. The van der Waals surface area contributed by atoms with Gasteiger partial charge in [-0.1, -0.05) is 6.92 Å². The second kappa shape index (κ2) is 6.56. The molecule has 0 rings (SSSR count). The predicted molar refractivity (Wildman–Crippen MR) is 33.0 cm³/mol. The van der Waals surface area contributed by atoms with Gasteiger partial charge in [-0.2, -0.15) is 0 Å². The van der Waals surface area contributed by atoms with Gasteiger partial charge < -0.3 is 0 Å². The monoisotopic (exact) mass is 137 g/mol. The van der Waals surface area contributed by atoms with Gasteiger partial charge >= 0.3 is 0 Å². The third-order valence-corrected chi connectivity index (χ3v) is 0.566. The minimum absolute atomic E-state index is 0. The molecule has 0 spiro atoms. The summed E-state index contributed by atoms with van der Waals surface area (Å²) in [5.74, 6) is -0.553. The Bertz CT molecular complexity index is 84.1. The molecule has 0 heterocycles. The quantitative estimate of drug-likeness (QED) is 0.542. The zero-order valence-electron chi connectivity index (χ0n) is 4.59. The molecule has 1 amide bonds. The molecule has 0 bridgehead atoms. The highest BCUT2D eigenvalue weighted by molar-refractivity contribution is 5.85. The molecule has 4 heteroatoms. The van der Waals surface area contributed by atoms with Crippen LogP contribution in [-0.2, 0) is 4.79 Å². The largest absolute Gasteiger partial charge is 0.286 e. The summed E-state index contributed by atoms with van der Waals surface area (Å²) in [4.78, 5) is 19.2. The molecule has 0 fully saturated rings. The Kier molecular flexibility index (Phi) is 8.63. The first kappa shape index (κ1) is 10.5. The van der Waals surface area contributed by atoms with Crippen molar-refractivity contribution in [1.29, 1.82) is 0 Å². The smallest absolute Gasteiger partial charge is 0.269 e. The van der Waals surface area contributed by atoms with E-state index < -0.39 is 5.91 Å². The maximum Gasteiger partial charge on any atom is 0.286 e. The lowest BCUT2D eigenvalue weighted by atomic mass is 10.3. The fraction of sp³-hybridized carbons (Fsp3) is 0.750. The molecule has 3 nitrogen and oxygen atoms in total. The maximum atomic E-state index is 9.93. The van der Waals surface area contributed by atoms with Crippen LogP contribution in [0.2, 0.25) is 0 Å². The molecule has 0 radical (unpaired) electrons. The molecule has 8 heavy (non-hydrogen) atoms. The molecular formula is C4H8ClNO2. The normalized spacial score (nSPS) is 7.12. The summed E-state index contributed by atoms with van der Waals surface area (Å²) in [5, 5.41) is 2.19. The topological polar surface area (TPSA) is 46.5 Å². The van der Waals surface area contributed by atoms with E-state index in [1.165, 1.54) is 0 Å². The molecule has 0 N–H and O–H groups in total. The number of carbonyl (C=O) groups excluding carboxylic acids is 1. The Labute approximate surface area is 53.8 Å². The van der Waals surface area contributed by atoms with Crippen LogP contribution in [0, 0.1) is 4.91 Å². The summed E-state index contributed by atoms with van der Waals surface area (Å²) < 4.78 is 0. The molecule has 48 valence electrons. The third-order valence-electron chi connectivity index (χ3n) is 0.566. The number of hydrogen-bond acceptors (Lipinski definition) is 2. The van der Waals surface area contributed by atoms with Gasteiger partial charge in [-0.25, -0.2) is 0 Å². The van der Waals surface area contributed by atoms with E-state index in [9.17, 15) is 9.70 Å². The Morgan fingerprint density at radius 2 is 2.12 bits per heavy atom. The third kappa shape index (κ3) is 5.56. The zero-order chi connectivity index (χ0) is 5.70. The van der Waals surface area contributed by atoms with Crippen LogP contribution in [0.25, 0.3) is 0 Å². The highest BCUT2D eigenvalue weighted by Gasteiger charge is 1.93. The van der Waals surface area contributed by atoms with Crippen molar-refractivity contribution < 1.29 is 4.79 Å². The van der Waals surface area contributed by atoms with Crippen molar-refractivity contribution in [3.63, 3.8) is 0 Å². The second-order valence-corrected chi connectivity index (χ2v) is 1.24. The van der Waals surface area contributed by atoms with E-state index in [1.807, 2.05) is 6.92 Å². The van der Waals surface area contributed by atoms with Gasteiger partial charge in [0.05, 0.1) is 0 Å². The van der Waals surface area contributed by atoms with Crippen LogP contribution < -0.4 is 0 Å². The molecule has 0 aromatic heterocycles. The first-order valence-electron chi connectivity index (χ1n) is 2.17. The number of rotatable bonds is 2. The molecule has 0 aliphatic carbocycles. The SMILES string of the molecule is CCCC(=O)N=O.Cl. The van der Waals surface area contributed by atoms with Crippen LogP contribution in [-0.4, -0.2) is 5.91 Å². The second-order valence-electron chi connectivity index (χ2n) is 1.24. The molecular weight excluding hydrogens is 130 g/mol. The molecule has 0 saturated heterocycles. The fourth-order valence-corrected chi connectivity index (χ4v) is 0.260. The summed E-state index contributed by atoms with van der Waals surface area (Å²) in [6.07, 6.45) is 0.980. The van der Waals surface area contributed by atoms with Crippen LogP contribution >= 0.6 is 12.4 Å². The molecule has 0 atom stereocenters. The maximum absolute atomic E-state index is 9.93. The lowest BCUT2D eigenvalue weighted by molar-refractivity contribution is -0.117. The van der Waals surface area contributed by atoms with Gasteiger partial charge in [0.25, 0.3) is 5.91 Å². The molecule has 0 saturated carbocycles. The molecule has 0 aromatic carbocycles. The summed E-state index contributed by atoms with van der Waals surface area (Å²) >= 11 is 0. The summed E-state index contributed by atoms with van der Waals surface area (Å²) in [6.45, 7) is 1.82.